The van der Waals surface area contributed by atoms with Gasteiger partial charge in [-0.05, 0) is 25.1 Å². The minimum absolute atomic E-state index is 0.658. The molecule has 1 aromatic heterocycles. The van der Waals surface area contributed by atoms with E-state index in [1.165, 1.54) is 0 Å². The summed E-state index contributed by atoms with van der Waals surface area (Å²) in [6.45, 7) is 2.63. The predicted molar refractivity (Wildman–Crippen MR) is 58.6 cm³/mol. The van der Waals surface area contributed by atoms with Gasteiger partial charge in [-0.1, -0.05) is 6.07 Å². The van der Waals surface area contributed by atoms with Gasteiger partial charge in [-0.15, -0.1) is 0 Å². The topological polar surface area (TPSA) is 27.1 Å². The Balaban J connectivity index is 2.42. The Kier molecular flexibility index (Phi) is 2.72. The fourth-order valence-corrected chi connectivity index (χ4v) is 1.49. The second kappa shape index (κ2) is 4.17. The van der Waals surface area contributed by atoms with Gasteiger partial charge < -0.3 is 4.74 Å². The van der Waals surface area contributed by atoms with Crippen LogP contribution in [0.15, 0.2) is 30.6 Å². The van der Waals surface area contributed by atoms with Gasteiger partial charge in [0.25, 0.3) is 0 Å². The van der Waals surface area contributed by atoms with E-state index < -0.39 is 0 Å². The molecular formula is C12H13N2O. The largest absolute Gasteiger partial charge is 0.493 e. The average Bonchev–Trinajstić information content (AvgIpc) is 2.66. The lowest BCUT2D eigenvalue weighted by atomic mass is 10.1. The van der Waals surface area contributed by atoms with Gasteiger partial charge in [0.05, 0.1) is 12.8 Å². The summed E-state index contributed by atoms with van der Waals surface area (Å²) in [6.07, 6.45) is 3.80. The number of ether oxygens (including phenoxy) is 1. The normalized spacial score (nSPS) is 10.3. The molecule has 1 radical (unpaired) electrons. The number of aromatic nitrogens is 2. The van der Waals surface area contributed by atoms with Crippen LogP contribution in [0, 0.1) is 6.07 Å². The third-order valence-electron chi connectivity index (χ3n) is 2.14. The highest BCUT2D eigenvalue weighted by molar-refractivity contribution is 5.68. The summed E-state index contributed by atoms with van der Waals surface area (Å²) in [5, 5.41) is 4.15. The van der Waals surface area contributed by atoms with Crippen LogP contribution in [0.5, 0.6) is 5.75 Å². The highest BCUT2D eigenvalue weighted by atomic mass is 16.5. The lowest BCUT2D eigenvalue weighted by Gasteiger charge is -2.07. The van der Waals surface area contributed by atoms with Crippen LogP contribution in [0.3, 0.4) is 0 Å². The Hall–Kier alpha value is -1.77. The van der Waals surface area contributed by atoms with Crippen LogP contribution >= 0.6 is 0 Å². The maximum Gasteiger partial charge on any atom is 0.127 e. The molecule has 15 heavy (non-hydrogen) atoms. The Morgan fingerprint density at radius 1 is 1.53 bits per heavy atom. The van der Waals surface area contributed by atoms with Crippen LogP contribution in [0.4, 0.5) is 0 Å². The van der Waals surface area contributed by atoms with E-state index in [0.29, 0.717) is 6.61 Å². The summed E-state index contributed by atoms with van der Waals surface area (Å²) in [4.78, 5) is 0. The van der Waals surface area contributed by atoms with Crippen molar-refractivity contribution in [3.05, 3.63) is 36.7 Å². The zero-order chi connectivity index (χ0) is 10.7. The van der Waals surface area contributed by atoms with E-state index in [0.717, 1.165) is 16.9 Å². The summed E-state index contributed by atoms with van der Waals surface area (Å²) in [7, 11) is 1.90. The van der Waals surface area contributed by atoms with E-state index in [1.54, 1.807) is 4.68 Å². The summed E-state index contributed by atoms with van der Waals surface area (Å²) in [5.74, 6) is 0.855. The van der Waals surface area contributed by atoms with Crippen molar-refractivity contribution in [1.82, 2.24) is 9.78 Å². The molecule has 2 rings (SSSR count). The van der Waals surface area contributed by atoms with E-state index in [4.69, 9.17) is 4.74 Å². The number of rotatable bonds is 3. The molecule has 1 aromatic carbocycles. The molecule has 0 atom stereocenters. The number of nitrogens with zero attached hydrogens (tertiary/aromatic N) is 2. The van der Waals surface area contributed by atoms with Crippen LogP contribution in [0.25, 0.3) is 11.1 Å². The van der Waals surface area contributed by atoms with Gasteiger partial charge in [0.15, 0.2) is 0 Å². The second-order valence-electron chi connectivity index (χ2n) is 3.26. The van der Waals surface area contributed by atoms with Gasteiger partial charge in [0, 0.05) is 24.4 Å². The molecule has 0 bridgehead atoms. The van der Waals surface area contributed by atoms with Crippen LogP contribution < -0.4 is 4.74 Å². The minimum atomic E-state index is 0.658. The summed E-state index contributed by atoms with van der Waals surface area (Å²) in [6, 6.07) is 8.73. The molecule has 0 aliphatic heterocycles. The summed E-state index contributed by atoms with van der Waals surface area (Å²) < 4.78 is 7.31. The second-order valence-corrected chi connectivity index (χ2v) is 3.26. The Labute approximate surface area is 89.3 Å². The molecule has 3 nitrogen and oxygen atoms in total. The smallest absolute Gasteiger partial charge is 0.127 e. The highest BCUT2D eigenvalue weighted by Crippen LogP contribution is 2.28. The molecule has 0 amide bonds. The van der Waals surface area contributed by atoms with E-state index in [2.05, 4.69) is 11.2 Å². The summed E-state index contributed by atoms with van der Waals surface area (Å²) >= 11 is 0. The molecule has 0 N–H and O–H groups in total. The standard InChI is InChI=1S/C12H13N2O/c1-3-15-12-7-5-4-6-11(12)10-8-13-14(2)9-10/h4,6-9H,3H2,1-2H3. The Morgan fingerprint density at radius 2 is 2.40 bits per heavy atom. The zero-order valence-corrected chi connectivity index (χ0v) is 8.90. The Bertz CT molecular complexity index is 448. The molecule has 0 unspecified atom stereocenters. The molecule has 2 aromatic rings. The number of aryl methyl sites for hydroxylation is 1. The SMILES string of the molecule is CCOc1c[c]ccc1-c1cnn(C)c1. The van der Waals surface area contributed by atoms with Crippen molar-refractivity contribution in [2.45, 2.75) is 6.92 Å². The van der Waals surface area contributed by atoms with Crippen molar-refractivity contribution < 1.29 is 4.74 Å². The lowest BCUT2D eigenvalue weighted by Crippen LogP contribution is -1.93. The van der Waals surface area contributed by atoms with Crippen LogP contribution in [0.2, 0.25) is 0 Å². The average molecular weight is 201 g/mol. The molecule has 1 heterocycles. The van der Waals surface area contributed by atoms with Crippen molar-refractivity contribution >= 4 is 0 Å². The van der Waals surface area contributed by atoms with Gasteiger partial charge in [0.1, 0.15) is 5.75 Å². The maximum atomic E-state index is 5.53. The first kappa shape index (κ1) is 9.77. The third-order valence-corrected chi connectivity index (χ3v) is 2.14. The molecule has 0 fully saturated rings. The van der Waals surface area contributed by atoms with Gasteiger partial charge in [-0.2, -0.15) is 5.10 Å². The predicted octanol–water partition coefficient (Wildman–Crippen LogP) is 2.29. The first-order chi connectivity index (χ1) is 7.31. The van der Waals surface area contributed by atoms with Gasteiger partial charge in [-0.25, -0.2) is 0 Å². The van der Waals surface area contributed by atoms with Crippen LogP contribution in [-0.2, 0) is 7.05 Å². The first-order valence-electron chi connectivity index (χ1n) is 4.93. The van der Waals surface area contributed by atoms with E-state index in [1.807, 2.05) is 44.6 Å². The minimum Gasteiger partial charge on any atom is -0.493 e. The highest BCUT2D eigenvalue weighted by Gasteiger charge is 2.06. The fraction of sp³-hybridized carbons (Fsp3) is 0.250. The first-order valence-corrected chi connectivity index (χ1v) is 4.93. The molecule has 0 aliphatic rings. The Morgan fingerprint density at radius 3 is 3.07 bits per heavy atom. The molecule has 0 saturated heterocycles. The molecule has 0 aliphatic carbocycles. The third kappa shape index (κ3) is 2.01. The van der Waals surface area contributed by atoms with E-state index in [9.17, 15) is 0 Å². The van der Waals surface area contributed by atoms with Crippen LogP contribution in [0.1, 0.15) is 6.92 Å². The van der Waals surface area contributed by atoms with E-state index >= 15 is 0 Å². The van der Waals surface area contributed by atoms with Crippen molar-refractivity contribution in [1.29, 1.82) is 0 Å². The quantitative estimate of drug-likeness (QED) is 0.761. The zero-order valence-electron chi connectivity index (χ0n) is 8.90. The molecule has 0 saturated carbocycles. The number of hydrogen-bond acceptors (Lipinski definition) is 2. The van der Waals surface area contributed by atoms with Gasteiger partial charge in [-0.3, -0.25) is 4.68 Å². The van der Waals surface area contributed by atoms with Crippen molar-refractivity contribution in [2.75, 3.05) is 6.61 Å². The number of hydrogen-bond donors (Lipinski definition) is 0. The molecule has 3 heteroatoms. The van der Waals surface area contributed by atoms with Crippen molar-refractivity contribution in [3.8, 4) is 16.9 Å². The lowest BCUT2D eigenvalue weighted by molar-refractivity contribution is 0.341. The molecule has 77 valence electrons. The van der Waals surface area contributed by atoms with Crippen molar-refractivity contribution in [2.24, 2.45) is 7.05 Å². The van der Waals surface area contributed by atoms with E-state index in [-0.39, 0.29) is 0 Å². The van der Waals surface area contributed by atoms with Crippen molar-refractivity contribution in [3.63, 3.8) is 0 Å². The summed E-state index contributed by atoms with van der Waals surface area (Å²) in [5.41, 5.74) is 2.12. The van der Waals surface area contributed by atoms with Gasteiger partial charge in [0.2, 0.25) is 0 Å². The van der Waals surface area contributed by atoms with Crippen LogP contribution in [-0.4, -0.2) is 16.4 Å². The molecule has 0 spiro atoms. The monoisotopic (exact) mass is 201 g/mol. The fourth-order valence-electron chi connectivity index (χ4n) is 1.49. The maximum absolute atomic E-state index is 5.53. The van der Waals surface area contributed by atoms with Gasteiger partial charge >= 0.3 is 0 Å². The molecular weight excluding hydrogens is 188 g/mol. The number of benzene rings is 1.